The fourth-order valence-corrected chi connectivity index (χ4v) is 5.54. The number of sulfonamides is 1. The summed E-state index contributed by atoms with van der Waals surface area (Å²) in [6, 6.07) is 22.8. The molecule has 0 aromatic heterocycles. The van der Waals surface area contributed by atoms with E-state index < -0.39 is 28.5 Å². The van der Waals surface area contributed by atoms with Crippen molar-refractivity contribution in [2.45, 2.75) is 57.1 Å². The molecule has 9 heteroatoms. The molecule has 2 amide bonds. The smallest absolute Gasteiger partial charge is 0.264 e. The van der Waals surface area contributed by atoms with Gasteiger partial charge in [0.1, 0.15) is 12.6 Å². The molecule has 0 heterocycles. The van der Waals surface area contributed by atoms with Crippen LogP contribution in [0.5, 0.6) is 0 Å². The molecule has 3 aromatic rings. The van der Waals surface area contributed by atoms with Gasteiger partial charge in [-0.25, -0.2) is 8.42 Å². The second-order valence-corrected chi connectivity index (χ2v) is 11.3. The number of rotatable bonds is 12. The molecule has 3 aromatic carbocycles. The molecule has 1 N–H and O–H groups in total. The Balaban J connectivity index is 2.01. The fraction of sp³-hybridized carbons (Fsp3) is 0.310. The van der Waals surface area contributed by atoms with Crippen LogP contribution < -0.4 is 9.62 Å². The van der Waals surface area contributed by atoms with Crippen LogP contribution in [0.15, 0.2) is 89.8 Å². The Morgan fingerprint density at radius 3 is 2.00 bits per heavy atom. The largest absolute Gasteiger partial charge is 0.352 e. The molecule has 3 rings (SSSR count). The number of hydrogen-bond acceptors (Lipinski definition) is 4. The van der Waals surface area contributed by atoms with E-state index in [4.69, 9.17) is 11.6 Å². The lowest BCUT2D eigenvalue weighted by molar-refractivity contribution is -0.140. The number of carbonyl (C=O) groups is 2. The molecule has 202 valence electrons. The minimum Gasteiger partial charge on any atom is -0.352 e. The van der Waals surface area contributed by atoms with Crippen molar-refractivity contribution in [3.8, 4) is 0 Å². The molecular formula is C29H34ClN3O4S. The first-order valence-corrected chi connectivity index (χ1v) is 14.5. The number of halogens is 1. The van der Waals surface area contributed by atoms with E-state index in [2.05, 4.69) is 5.32 Å². The highest BCUT2D eigenvalue weighted by Gasteiger charge is 2.33. The third-order valence-electron chi connectivity index (χ3n) is 6.31. The monoisotopic (exact) mass is 555 g/mol. The van der Waals surface area contributed by atoms with Gasteiger partial charge in [-0.2, -0.15) is 0 Å². The Morgan fingerprint density at radius 1 is 0.868 bits per heavy atom. The van der Waals surface area contributed by atoms with Gasteiger partial charge in [0.15, 0.2) is 0 Å². The molecule has 0 spiro atoms. The topological polar surface area (TPSA) is 86.8 Å². The van der Waals surface area contributed by atoms with Crippen molar-refractivity contribution in [1.29, 1.82) is 0 Å². The summed E-state index contributed by atoms with van der Waals surface area (Å²) < 4.78 is 28.6. The number of benzene rings is 3. The lowest BCUT2D eigenvalue weighted by Gasteiger charge is -2.33. The van der Waals surface area contributed by atoms with Crippen molar-refractivity contribution in [3.63, 3.8) is 0 Å². The van der Waals surface area contributed by atoms with E-state index in [0.717, 1.165) is 16.3 Å². The molecule has 0 radical (unpaired) electrons. The summed E-state index contributed by atoms with van der Waals surface area (Å²) in [5, 5.41) is 3.37. The molecule has 0 saturated heterocycles. The van der Waals surface area contributed by atoms with Gasteiger partial charge >= 0.3 is 0 Å². The molecule has 2 atom stereocenters. The maximum absolute atomic E-state index is 13.9. The van der Waals surface area contributed by atoms with E-state index >= 15 is 0 Å². The summed E-state index contributed by atoms with van der Waals surface area (Å²) in [5.74, 6) is -0.751. The number of nitrogens with one attached hydrogen (secondary N) is 1. The average molecular weight is 556 g/mol. The summed E-state index contributed by atoms with van der Waals surface area (Å²) >= 11 is 5.98. The number of nitrogens with zero attached hydrogens (tertiary/aromatic N) is 2. The van der Waals surface area contributed by atoms with Crippen LogP contribution in [0.4, 0.5) is 5.69 Å². The van der Waals surface area contributed by atoms with E-state index in [9.17, 15) is 18.0 Å². The van der Waals surface area contributed by atoms with Crippen molar-refractivity contribution in [2.24, 2.45) is 0 Å². The van der Waals surface area contributed by atoms with Crippen molar-refractivity contribution < 1.29 is 18.0 Å². The minimum atomic E-state index is -4.12. The van der Waals surface area contributed by atoms with Crippen molar-refractivity contribution in [2.75, 3.05) is 10.8 Å². The summed E-state index contributed by atoms with van der Waals surface area (Å²) in [6.07, 6.45) is 1.12. The van der Waals surface area contributed by atoms with Crippen LogP contribution in [0.2, 0.25) is 5.02 Å². The number of carbonyl (C=O) groups excluding carboxylic acids is 2. The quantitative estimate of drug-likeness (QED) is 0.330. The molecule has 38 heavy (non-hydrogen) atoms. The fourth-order valence-electron chi connectivity index (χ4n) is 4.00. The van der Waals surface area contributed by atoms with Gasteiger partial charge in [-0.1, -0.05) is 74.0 Å². The van der Waals surface area contributed by atoms with Crippen LogP contribution in [0.25, 0.3) is 0 Å². The van der Waals surface area contributed by atoms with Gasteiger partial charge in [-0.15, -0.1) is 0 Å². The molecule has 0 unspecified atom stereocenters. The van der Waals surface area contributed by atoms with Gasteiger partial charge in [0.25, 0.3) is 10.0 Å². The zero-order chi connectivity index (χ0) is 27.7. The molecule has 7 nitrogen and oxygen atoms in total. The predicted octanol–water partition coefficient (Wildman–Crippen LogP) is 5.26. The second-order valence-electron chi connectivity index (χ2n) is 9.05. The summed E-state index contributed by atoms with van der Waals surface area (Å²) in [5.41, 5.74) is 1.18. The summed E-state index contributed by atoms with van der Waals surface area (Å²) in [4.78, 5) is 28.7. The Morgan fingerprint density at radius 2 is 1.45 bits per heavy atom. The highest BCUT2D eigenvalue weighted by atomic mass is 35.5. The first kappa shape index (κ1) is 29.2. The lowest BCUT2D eigenvalue weighted by atomic mass is 10.1. The summed E-state index contributed by atoms with van der Waals surface area (Å²) in [6.45, 7) is 5.40. The molecule has 0 aliphatic rings. The van der Waals surface area contributed by atoms with Gasteiger partial charge in [-0.05, 0) is 61.7 Å². The maximum atomic E-state index is 13.9. The van der Waals surface area contributed by atoms with Gasteiger partial charge in [0.2, 0.25) is 11.8 Å². The highest BCUT2D eigenvalue weighted by molar-refractivity contribution is 7.92. The molecular weight excluding hydrogens is 522 g/mol. The molecule has 0 aliphatic carbocycles. The Hall–Kier alpha value is -3.36. The van der Waals surface area contributed by atoms with E-state index in [1.54, 1.807) is 30.3 Å². The third-order valence-corrected chi connectivity index (χ3v) is 8.35. The lowest BCUT2D eigenvalue weighted by Crippen LogP contribution is -2.53. The maximum Gasteiger partial charge on any atom is 0.264 e. The third kappa shape index (κ3) is 7.36. The average Bonchev–Trinajstić information content (AvgIpc) is 2.92. The van der Waals surface area contributed by atoms with E-state index in [0.29, 0.717) is 17.1 Å². The van der Waals surface area contributed by atoms with Gasteiger partial charge in [0.05, 0.1) is 10.6 Å². The van der Waals surface area contributed by atoms with Crippen LogP contribution in [0.1, 0.15) is 39.2 Å². The van der Waals surface area contributed by atoms with Gasteiger partial charge < -0.3 is 10.2 Å². The van der Waals surface area contributed by atoms with Crippen LogP contribution >= 0.6 is 11.6 Å². The number of para-hydroxylation sites is 1. The van der Waals surface area contributed by atoms with Crippen molar-refractivity contribution >= 4 is 39.1 Å². The van der Waals surface area contributed by atoms with Crippen LogP contribution in [-0.4, -0.2) is 43.8 Å². The number of anilines is 1. The van der Waals surface area contributed by atoms with Crippen LogP contribution in [0.3, 0.4) is 0 Å². The van der Waals surface area contributed by atoms with E-state index in [1.165, 1.54) is 29.2 Å². The van der Waals surface area contributed by atoms with Crippen LogP contribution in [-0.2, 0) is 26.2 Å². The van der Waals surface area contributed by atoms with Crippen LogP contribution in [0, 0.1) is 0 Å². The molecule has 0 bridgehead atoms. The molecule has 0 aliphatic heterocycles. The predicted molar refractivity (Wildman–Crippen MR) is 151 cm³/mol. The van der Waals surface area contributed by atoms with Gasteiger partial charge in [0, 0.05) is 17.6 Å². The van der Waals surface area contributed by atoms with Crippen molar-refractivity contribution in [3.05, 3.63) is 95.5 Å². The molecule has 0 fully saturated rings. The first-order valence-electron chi connectivity index (χ1n) is 12.6. The standard InChI is InChI=1S/C29H34ClN3O4S/c1-4-22(3)31-29(35)27(5-2)32(20-23-12-8-6-9-13-23)28(34)21-33(25-14-10-7-11-15-25)38(36,37)26-18-16-24(30)17-19-26/h6-19,22,27H,4-5,20-21H2,1-3H3,(H,31,35)/t22-,27-/m0/s1. The second kappa shape index (κ2) is 13.4. The van der Waals surface area contributed by atoms with E-state index in [-0.39, 0.29) is 23.4 Å². The zero-order valence-electron chi connectivity index (χ0n) is 21.9. The zero-order valence-corrected chi connectivity index (χ0v) is 23.5. The van der Waals surface area contributed by atoms with Gasteiger partial charge in [-0.3, -0.25) is 13.9 Å². The minimum absolute atomic E-state index is 0.00900. The number of hydrogen-bond donors (Lipinski definition) is 1. The highest BCUT2D eigenvalue weighted by Crippen LogP contribution is 2.25. The Bertz CT molecular complexity index is 1300. The SMILES string of the molecule is CC[C@H](C)NC(=O)[C@H](CC)N(Cc1ccccc1)C(=O)CN(c1ccccc1)S(=O)(=O)c1ccc(Cl)cc1. The number of amides is 2. The van der Waals surface area contributed by atoms with Crippen molar-refractivity contribution in [1.82, 2.24) is 10.2 Å². The Kier molecular flexibility index (Phi) is 10.3. The Labute approximate surface area is 230 Å². The molecule has 0 saturated carbocycles. The van der Waals surface area contributed by atoms with E-state index in [1.807, 2.05) is 51.1 Å². The first-order chi connectivity index (χ1) is 18.2. The normalized spacial score (nSPS) is 12.8. The summed E-state index contributed by atoms with van der Waals surface area (Å²) in [7, 11) is -4.12.